The number of hydrogen-bond acceptors (Lipinski definition) is 3. The van der Waals surface area contributed by atoms with E-state index in [0.717, 1.165) is 5.69 Å². The van der Waals surface area contributed by atoms with Gasteiger partial charge in [0.1, 0.15) is 5.82 Å². The molecule has 0 aliphatic heterocycles. The van der Waals surface area contributed by atoms with Gasteiger partial charge in [-0.05, 0) is 23.6 Å². The Bertz CT molecular complexity index is 621. The Morgan fingerprint density at radius 2 is 2.25 bits per heavy atom. The van der Waals surface area contributed by atoms with Gasteiger partial charge >= 0.3 is 0 Å². The van der Waals surface area contributed by atoms with Crippen molar-refractivity contribution >= 4 is 11.6 Å². The van der Waals surface area contributed by atoms with Crippen molar-refractivity contribution in [2.45, 2.75) is 26.3 Å². The summed E-state index contributed by atoms with van der Waals surface area (Å²) in [7, 11) is 0. The first kappa shape index (κ1) is 14.0. The minimum Gasteiger partial charge on any atom is -0.395 e. The minimum atomic E-state index is -0.380. The van der Waals surface area contributed by atoms with Gasteiger partial charge in [0, 0.05) is 6.54 Å². The van der Waals surface area contributed by atoms with Crippen molar-refractivity contribution in [3.8, 4) is 0 Å². The van der Waals surface area contributed by atoms with E-state index < -0.39 is 0 Å². The standard InChI is InChI=1S/C14H17FN4O/c1-8(2)12-11(16)13(19-18-12)14(20)17-7-9-4-3-5-10(15)6-9/h3-6,8H,7,16H2,1-2H3,(H,17,20)(H,18,19). The SMILES string of the molecule is CC(C)c1[nH]nc(C(=O)NCc2cccc(F)c2)c1N. The number of aromatic nitrogens is 2. The van der Waals surface area contributed by atoms with E-state index in [9.17, 15) is 9.18 Å². The van der Waals surface area contributed by atoms with Gasteiger partial charge in [-0.25, -0.2) is 4.39 Å². The number of amides is 1. The van der Waals surface area contributed by atoms with Crippen LogP contribution in [0.3, 0.4) is 0 Å². The number of halogens is 1. The second-order valence-electron chi connectivity index (χ2n) is 4.87. The zero-order chi connectivity index (χ0) is 14.7. The fourth-order valence-electron chi connectivity index (χ4n) is 1.89. The predicted molar refractivity (Wildman–Crippen MR) is 74.7 cm³/mol. The summed E-state index contributed by atoms with van der Waals surface area (Å²) in [5.74, 6) is -0.555. The van der Waals surface area contributed by atoms with Gasteiger partial charge in [0.05, 0.1) is 11.4 Å². The highest BCUT2D eigenvalue weighted by Gasteiger charge is 2.18. The first-order valence-electron chi connectivity index (χ1n) is 6.35. The summed E-state index contributed by atoms with van der Waals surface area (Å²) in [6.45, 7) is 4.14. The molecule has 6 heteroatoms. The molecule has 20 heavy (non-hydrogen) atoms. The van der Waals surface area contributed by atoms with Gasteiger partial charge < -0.3 is 11.1 Å². The fourth-order valence-corrected chi connectivity index (χ4v) is 1.89. The Morgan fingerprint density at radius 1 is 1.50 bits per heavy atom. The summed E-state index contributed by atoms with van der Waals surface area (Å²) >= 11 is 0. The van der Waals surface area contributed by atoms with Crippen molar-refractivity contribution in [1.82, 2.24) is 15.5 Å². The molecule has 1 heterocycles. The van der Waals surface area contributed by atoms with E-state index in [0.29, 0.717) is 11.3 Å². The molecule has 5 nitrogen and oxygen atoms in total. The molecule has 0 saturated carbocycles. The van der Waals surface area contributed by atoms with Crippen LogP contribution < -0.4 is 11.1 Å². The van der Waals surface area contributed by atoms with E-state index in [4.69, 9.17) is 5.73 Å². The van der Waals surface area contributed by atoms with E-state index in [1.54, 1.807) is 12.1 Å². The van der Waals surface area contributed by atoms with Crippen molar-refractivity contribution in [1.29, 1.82) is 0 Å². The molecular weight excluding hydrogens is 259 g/mol. The van der Waals surface area contributed by atoms with Crippen LogP contribution >= 0.6 is 0 Å². The molecule has 2 aromatic rings. The average Bonchev–Trinajstić information content (AvgIpc) is 2.78. The van der Waals surface area contributed by atoms with Crippen LogP contribution in [0.2, 0.25) is 0 Å². The molecule has 0 radical (unpaired) electrons. The molecule has 1 aromatic carbocycles. The molecule has 0 unspecified atom stereocenters. The van der Waals surface area contributed by atoms with Crippen LogP contribution in [-0.2, 0) is 6.54 Å². The summed E-state index contributed by atoms with van der Waals surface area (Å²) in [5, 5.41) is 9.36. The lowest BCUT2D eigenvalue weighted by atomic mass is 10.1. The van der Waals surface area contributed by atoms with Crippen molar-refractivity contribution in [2.24, 2.45) is 0 Å². The Balaban J connectivity index is 2.05. The van der Waals surface area contributed by atoms with E-state index >= 15 is 0 Å². The van der Waals surface area contributed by atoms with Crippen molar-refractivity contribution in [3.05, 3.63) is 47.0 Å². The molecule has 0 fully saturated rings. The molecule has 106 valence electrons. The summed E-state index contributed by atoms with van der Waals surface area (Å²) in [6.07, 6.45) is 0. The molecule has 1 amide bonds. The number of anilines is 1. The summed E-state index contributed by atoms with van der Waals surface area (Å²) in [5.41, 5.74) is 7.83. The molecule has 0 aliphatic carbocycles. The zero-order valence-corrected chi connectivity index (χ0v) is 11.4. The molecule has 4 N–H and O–H groups in total. The number of nitrogens with two attached hydrogens (primary N) is 1. The number of H-pyrrole nitrogens is 1. The molecule has 0 atom stereocenters. The number of benzene rings is 1. The van der Waals surface area contributed by atoms with E-state index in [-0.39, 0.29) is 29.9 Å². The second-order valence-corrected chi connectivity index (χ2v) is 4.87. The number of hydrogen-bond donors (Lipinski definition) is 3. The number of rotatable bonds is 4. The molecule has 1 aromatic heterocycles. The molecule has 0 aliphatic rings. The van der Waals surface area contributed by atoms with E-state index in [1.807, 2.05) is 13.8 Å². The van der Waals surface area contributed by atoms with E-state index in [1.165, 1.54) is 12.1 Å². The highest BCUT2D eigenvalue weighted by Crippen LogP contribution is 2.21. The molecule has 0 spiro atoms. The summed E-state index contributed by atoms with van der Waals surface area (Å²) < 4.78 is 13.0. The third-order valence-electron chi connectivity index (χ3n) is 2.97. The number of carbonyl (C=O) groups excluding carboxylic acids is 1. The number of nitrogen functional groups attached to an aromatic ring is 1. The lowest BCUT2D eigenvalue weighted by Gasteiger charge is -2.05. The van der Waals surface area contributed by atoms with Gasteiger partial charge in [0.25, 0.3) is 5.91 Å². The van der Waals surface area contributed by atoms with Crippen LogP contribution in [0.4, 0.5) is 10.1 Å². The van der Waals surface area contributed by atoms with Gasteiger partial charge in [-0.3, -0.25) is 9.89 Å². The van der Waals surface area contributed by atoms with Gasteiger partial charge in [-0.15, -0.1) is 0 Å². The van der Waals surface area contributed by atoms with Gasteiger partial charge in [0.2, 0.25) is 0 Å². The van der Waals surface area contributed by atoms with Crippen molar-refractivity contribution in [2.75, 3.05) is 5.73 Å². The smallest absolute Gasteiger partial charge is 0.274 e. The number of carbonyl (C=O) groups is 1. The Hall–Kier alpha value is -2.37. The first-order chi connectivity index (χ1) is 9.49. The maximum atomic E-state index is 13.0. The summed E-state index contributed by atoms with van der Waals surface area (Å²) in [6, 6.07) is 6.05. The van der Waals surface area contributed by atoms with Gasteiger partial charge in [-0.1, -0.05) is 26.0 Å². The quantitative estimate of drug-likeness (QED) is 0.800. The largest absolute Gasteiger partial charge is 0.395 e. The fraction of sp³-hybridized carbons (Fsp3) is 0.286. The zero-order valence-electron chi connectivity index (χ0n) is 11.4. The lowest BCUT2D eigenvalue weighted by molar-refractivity contribution is 0.0946. The molecule has 2 rings (SSSR count). The molecular formula is C14H17FN4O. The monoisotopic (exact) mass is 276 g/mol. The Kier molecular flexibility index (Phi) is 4.02. The topological polar surface area (TPSA) is 83.8 Å². The van der Waals surface area contributed by atoms with Crippen molar-refractivity contribution in [3.63, 3.8) is 0 Å². The Labute approximate surface area is 116 Å². The van der Waals surface area contributed by atoms with E-state index in [2.05, 4.69) is 15.5 Å². The van der Waals surface area contributed by atoms with Crippen LogP contribution in [0.25, 0.3) is 0 Å². The van der Waals surface area contributed by atoms with Gasteiger partial charge in [-0.2, -0.15) is 5.10 Å². The minimum absolute atomic E-state index is 0.160. The van der Waals surface area contributed by atoms with Crippen LogP contribution in [-0.4, -0.2) is 16.1 Å². The second kappa shape index (κ2) is 5.73. The first-order valence-corrected chi connectivity index (χ1v) is 6.35. The van der Waals surface area contributed by atoms with Gasteiger partial charge in [0.15, 0.2) is 5.69 Å². The normalized spacial score (nSPS) is 10.8. The average molecular weight is 276 g/mol. The summed E-state index contributed by atoms with van der Waals surface area (Å²) in [4.78, 5) is 12.0. The molecule has 0 saturated heterocycles. The highest BCUT2D eigenvalue weighted by atomic mass is 19.1. The predicted octanol–water partition coefficient (Wildman–Crippen LogP) is 2.18. The maximum Gasteiger partial charge on any atom is 0.274 e. The van der Waals surface area contributed by atoms with Crippen LogP contribution in [0, 0.1) is 5.82 Å². The number of nitrogens with one attached hydrogen (secondary N) is 2. The lowest BCUT2D eigenvalue weighted by Crippen LogP contribution is -2.24. The highest BCUT2D eigenvalue weighted by molar-refractivity contribution is 5.97. The van der Waals surface area contributed by atoms with Crippen molar-refractivity contribution < 1.29 is 9.18 Å². The maximum absolute atomic E-state index is 13.0. The van der Waals surface area contributed by atoms with Crippen LogP contribution in [0.15, 0.2) is 24.3 Å². The Morgan fingerprint density at radius 3 is 2.85 bits per heavy atom. The number of aromatic amines is 1. The third kappa shape index (κ3) is 2.96. The van der Waals surface area contributed by atoms with Crippen LogP contribution in [0.1, 0.15) is 41.5 Å². The van der Waals surface area contributed by atoms with Crippen LogP contribution in [0.5, 0.6) is 0 Å². The third-order valence-corrected chi connectivity index (χ3v) is 2.97. The number of nitrogens with zero attached hydrogens (tertiary/aromatic N) is 1. The molecule has 0 bridgehead atoms.